The van der Waals surface area contributed by atoms with E-state index in [2.05, 4.69) is 15.4 Å². The normalized spacial score (nSPS) is 13.9. The highest BCUT2D eigenvalue weighted by Crippen LogP contribution is 2.21. The average molecular weight is 482 g/mol. The molecule has 1 fully saturated rings. The molecule has 0 saturated heterocycles. The minimum atomic E-state index is -4.10. The number of anilines is 2. The van der Waals surface area contributed by atoms with Gasteiger partial charge in [0.1, 0.15) is 5.82 Å². The summed E-state index contributed by atoms with van der Waals surface area (Å²) in [5.41, 5.74) is 0.881. The number of benzene rings is 3. The second-order valence-corrected chi connectivity index (χ2v) is 9.78. The van der Waals surface area contributed by atoms with E-state index in [9.17, 15) is 22.4 Å². The van der Waals surface area contributed by atoms with Crippen LogP contribution in [0.15, 0.2) is 77.7 Å². The molecule has 1 aliphatic carbocycles. The highest BCUT2D eigenvalue weighted by Gasteiger charge is 2.19. The van der Waals surface area contributed by atoms with Crippen molar-refractivity contribution in [1.29, 1.82) is 0 Å². The highest BCUT2D eigenvalue weighted by molar-refractivity contribution is 7.92. The lowest BCUT2D eigenvalue weighted by molar-refractivity contribution is 0.0937. The van der Waals surface area contributed by atoms with Gasteiger partial charge in [0.2, 0.25) is 0 Å². The van der Waals surface area contributed by atoms with Crippen LogP contribution in [-0.2, 0) is 10.0 Å². The Morgan fingerprint density at radius 3 is 2.24 bits per heavy atom. The van der Waals surface area contributed by atoms with E-state index < -0.39 is 21.7 Å². The SMILES string of the molecule is O=C(Nc1ccc(C(=O)NC2CCCC2)cc1)c1cccc(S(=O)(=O)Nc2ccccc2F)c1. The molecule has 0 heterocycles. The summed E-state index contributed by atoms with van der Waals surface area (Å²) in [4.78, 5) is 24.9. The number of para-hydroxylation sites is 1. The van der Waals surface area contributed by atoms with Crippen LogP contribution in [-0.4, -0.2) is 26.3 Å². The van der Waals surface area contributed by atoms with Gasteiger partial charge < -0.3 is 10.6 Å². The Kier molecular flexibility index (Phi) is 6.93. The molecule has 1 saturated carbocycles. The molecule has 0 atom stereocenters. The van der Waals surface area contributed by atoms with Gasteiger partial charge in [-0.1, -0.05) is 31.0 Å². The fourth-order valence-electron chi connectivity index (χ4n) is 3.80. The number of carbonyl (C=O) groups is 2. The molecule has 9 heteroatoms. The third kappa shape index (κ3) is 5.60. The fourth-order valence-corrected chi connectivity index (χ4v) is 4.91. The van der Waals surface area contributed by atoms with Crippen molar-refractivity contribution in [2.75, 3.05) is 10.0 Å². The van der Waals surface area contributed by atoms with E-state index in [-0.39, 0.29) is 28.1 Å². The number of carbonyl (C=O) groups excluding carboxylic acids is 2. The van der Waals surface area contributed by atoms with Crippen LogP contribution in [0.25, 0.3) is 0 Å². The quantitative estimate of drug-likeness (QED) is 0.460. The minimum absolute atomic E-state index is 0.111. The van der Waals surface area contributed by atoms with Crippen molar-refractivity contribution in [2.45, 2.75) is 36.6 Å². The number of sulfonamides is 1. The molecule has 0 aliphatic heterocycles. The summed E-state index contributed by atoms with van der Waals surface area (Å²) in [6.07, 6.45) is 4.23. The second kappa shape index (κ2) is 10.0. The minimum Gasteiger partial charge on any atom is -0.349 e. The monoisotopic (exact) mass is 481 g/mol. The maximum Gasteiger partial charge on any atom is 0.262 e. The van der Waals surface area contributed by atoms with Gasteiger partial charge in [-0.3, -0.25) is 14.3 Å². The Morgan fingerprint density at radius 2 is 1.53 bits per heavy atom. The largest absolute Gasteiger partial charge is 0.349 e. The maximum absolute atomic E-state index is 13.8. The van der Waals surface area contributed by atoms with Gasteiger partial charge in [-0.15, -0.1) is 0 Å². The topological polar surface area (TPSA) is 104 Å². The Bertz CT molecular complexity index is 1300. The highest BCUT2D eigenvalue weighted by atomic mass is 32.2. The van der Waals surface area contributed by atoms with Crippen LogP contribution in [0.5, 0.6) is 0 Å². The van der Waals surface area contributed by atoms with Gasteiger partial charge in [0.25, 0.3) is 21.8 Å². The number of hydrogen-bond acceptors (Lipinski definition) is 4. The van der Waals surface area contributed by atoms with Crippen LogP contribution < -0.4 is 15.4 Å². The van der Waals surface area contributed by atoms with E-state index in [0.717, 1.165) is 31.7 Å². The number of halogens is 1. The zero-order chi connectivity index (χ0) is 24.1. The van der Waals surface area contributed by atoms with Crippen LogP contribution in [0.4, 0.5) is 15.8 Å². The molecule has 0 radical (unpaired) electrons. The predicted octanol–water partition coefficient (Wildman–Crippen LogP) is 4.55. The van der Waals surface area contributed by atoms with Crippen molar-refractivity contribution >= 4 is 33.2 Å². The van der Waals surface area contributed by atoms with Crippen molar-refractivity contribution in [1.82, 2.24) is 5.32 Å². The second-order valence-electron chi connectivity index (χ2n) is 8.10. The first-order valence-corrected chi connectivity index (χ1v) is 12.4. The fraction of sp³-hybridized carbons (Fsp3) is 0.200. The van der Waals surface area contributed by atoms with E-state index in [1.54, 1.807) is 24.3 Å². The Hall–Kier alpha value is -3.72. The molecule has 0 bridgehead atoms. The third-order valence-electron chi connectivity index (χ3n) is 5.62. The Balaban J connectivity index is 1.43. The van der Waals surface area contributed by atoms with E-state index in [1.165, 1.54) is 42.5 Å². The van der Waals surface area contributed by atoms with Crippen LogP contribution in [0.1, 0.15) is 46.4 Å². The number of hydrogen-bond donors (Lipinski definition) is 3. The van der Waals surface area contributed by atoms with Gasteiger partial charge in [0, 0.05) is 22.9 Å². The maximum atomic E-state index is 13.8. The summed E-state index contributed by atoms with van der Waals surface area (Å²) in [5.74, 6) is -1.38. The zero-order valence-electron chi connectivity index (χ0n) is 18.3. The first-order valence-electron chi connectivity index (χ1n) is 10.9. The van der Waals surface area contributed by atoms with Crippen molar-refractivity contribution in [3.63, 3.8) is 0 Å². The average Bonchev–Trinajstić information content (AvgIpc) is 3.34. The van der Waals surface area contributed by atoms with Crippen molar-refractivity contribution in [3.8, 4) is 0 Å². The zero-order valence-corrected chi connectivity index (χ0v) is 19.1. The standard InChI is InChI=1S/C25H24FN3O4S/c26-22-10-3-4-11-23(22)29-34(32,33)21-9-5-6-18(16-21)25(31)28-20-14-12-17(13-15-20)24(30)27-19-7-1-2-8-19/h3-6,9-16,19,29H,1-2,7-8H2,(H,27,30)(H,28,31). The summed E-state index contributed by atoms with van der Waals surface area (Å²) in [6.45, 7) is 0. The molecule has 4 rings (SSSR count). The van der Waals surface area contributed by atoms with E-state index in [0.29, 0.717) is 11.3 Å². The molecule has 0 aromatic heterocycles. The Morgan fingerprint density at radius 1 is 0.824 bits per heavy atom. The molecule has 0 unspecified atom stereocenters. The molecule has 0 spiro atoms. The summed E-state index contributed by atoms with van der Waals surface area (Å²) in [5, 5.41) is 5.70. The lowest BCUT2D eigenvalue weighted by Gasteiger charge is -2.12. The smallest absolute Gasteiger partial charge is 0.262 e. The molecular weight excluding hydrogens is 457 g/mol. The van der Waals surface area contributed by atoms with E-state index in [4.69, 9.17) is 0 Å². The van der Waals surface area contributed by atoms with E-state index in [1.807, 2.05) is 0 Å². The van der Waals surface area contributed by atoms with Crippen LogP contribution in [0.3, 0.4) is 0 Å². The lowest BCUT2D eigenvalue weighted by atomic mass is 10.1. The van der Waals surface area contributed by atoms with Gasteiger partial charge >= 0.3 is 0 Å². The van der Waals surface area contributed by atoms with Crippen LogP contribution in [0, 0.1) is 5.82 Å². The van der Waals surface area contributed by atoms with Crippen molar-refractivity contribution in [3.05, 3.63) is 89.7 Å². The van der Waals surface area contributed by atoms with Gasteiger partial charge in [-0.05, 0) is 67.4 Å². The number of rotatable bonds is 7. The molecule has 1 aliphatic rings. The molecule has 3 aromatic carbocycles. The summed E-state index contributed by atoms with van der Waals surface area (Å²) in [6, 6.07) is 17.5. The van der Waals surface area contributed by atoms with Crippen LogP contribution >= 0.6 is 0 Å². The van der Waals surface area contributed by atoms with Gasteiger partial charge in [0.15, 0.2) is 0 Å². The molecule has 3 aromatic rings. The Labute approximate surface area is 197 Å². The van der Waals surface area contributed by atoms with E-state index >= 15 is 0 Å². The first kappa shape index (κ1) is 23.4. The number of nitrogens with one attached hydrogen (secondary N) is 3. The molecule has 7 nitrogen and oxygen atoms in total. The molecule has 176 valence electrons. The van der Waals surface area contributed by atoms with Crippen molar-refractivity contribution in [2.24, 2.45) is 0 Å². The summed E-state index contributed by atoms with van der Waals surface area (Å²) in [7, 11) is -4.10. The molecule has 3 N–H and O–H groups in total. The summed E-state index contributed by atoms with van der Waals surface area (Å²) >= 11 is 0. The lowest BCUT2D eigenvalue weighted by Crippen LogP contribution is -2.32. The first-order chi connectivity index (χ1) is 16.3. The predicted molar refractivity (Wildman–Crippen MR) is 128 cm³/mol. The third-order valence-corrected chi connectivity index (χ3v) is 6.98. The van der Waals surface area contributed by atoms with Gasteiger partial charge in [-0.2, -0.15) is 0 Å². The van der Waals surface area contributed by atoms with Gasteiger partial charge in [-0.25, -0.2) is 12.8 Å². The molecule has 2 amide bonds. The van der Waals surface area contributed by atoms with Crippen LogP contribution in [0.2, 0.25) is 0 Å². The van der Waals surface area contributed by atoms with Crippen molar-refractivity contribution < 1.29 is 22.4 Å². The molecule has 34 heavy (non-hydrogen) atoms. The number of amides is 2. The van der Waals surface area contributed by atoms with Gasteiger partial charge in [0.05, 0.1) is 10.6 Å². The molecular formula is C25H24FN3O4S. The summed E-state index contributed by atoms with van der Waals surface area (Å²) < 4.78 is 41.4.